The van der Waals surface area contributed by atoms with Crippen LogP contribution >= 0.6 is 0 Å². The number of rotatable bonds is 5. The topological polar surface area (TPSA) is 116 Å². The molecule has 2 aromatic rings. The molecule has 1 aliphatic heterocycles. The molecule has 7 rings (SSSR count). The van der Waals surface area contributed by atoms with Crippen LogP contribution in [-0.2, 0) is 9.84 Å². The largest absolute Gasteiger partial charge is 0.390 e. The zero-order valence-corrected chi connectivity index (χ0v) is 22.8. The van der Waals surface area contributed by atoms with E-state index in [-0.39, 0.29) is 54.3 Å². The van der Waals surface area contributed by atoms with E-state index in [1.807, 2.05) is 11.8 Å². The number of nitrogens with zero attached hydrogens (tertiary/aromatic N) is 4. The summed E-state index contributed by atoms with van der Waals surface area (Å²) in [6, 6.07) is 3.07. The van der Waals surface area contributed by atoms with Crippen molar-refractivity contribution in [2.75, 3.05) is 35.7 Å². The van der Waals surface area contributed by atoms with Crippen molar-refractivity contribution in [1.29, 1.82) is 0 Å². The van der Waals surface area contributed by atoms with E-state index < -0.39 is 32.0 Å². The molecule has 39 heavy (non-hydrogen) atoms. The fourth-order valence-electron chi connectivity index (χ4n) is 7.57. The van der Waals surface area contributed by atoms with Crippen LogP contribution in [0.2, 0.25) is 0 Å². The van der Waals surface area contributed by atoms with E-state index in [0.29, 0.717) is 18.4 Å². The Morgan fingerprint density at radius 1 is 1.13 bits per heavy atom. The van der Waals surface area contributed by atoms with Gasteiger partial charge in [0.25, 0.3) is 5.91 Å². The highest BCUT2D eigenvalue weighted by atomic mass is 32.2. The summed E-state index contributed by atoms with van der Waals surface area (Å²) >= 11 is 0. The number of piperazine rings is 1. The van der Waals surface area contributed by atoms with Gasteiger partial charge in [-0.2, -0.15) is 0 Å². The Morgan fingerprint density at radius 3 is 2.38 bits per heavy atom. The highest BCUT2D eigenvalue weighted by molar-refractivity contribution is 7.90. The molecule has 5 aliphatic rings. The first-order valence-electron chi connectivity index (χ1n) is 13.5. The number of anilines is 2. The molecule has 1 saturated heterocycles. The minimum Gasteiger partial charge on any atom is -0.390 e. The lowest BCUT2D eigenvalue weighted by atomic mass is 9.52. The summed E-state index contributed by atoms with van der Waals surface area (Å²) in [6.07, 6.45) is 6.88. The summed E-state index contributed by atoms with van der Waals surface area (Å²) in [5.41, 5.74) is -0.571. The average Bonchev–Trinajstić information content (AvgIpc) is 2.84. The molecule has 3 atom stereocenters. The summed E-state index contributed by atoms with van der Waals surface area (Å²) in [4.78, 5) is 25.2. The third-order valence-corrected chi connectivity index (χ3v) is 10.1. The van der Waals surface area contributed by atoms with Gasteiger partial charge in [-0.15, -0.1) is 0 Å². The Kier molecular flexibility index (Phi) is 6.33. The van der Waals surface area contributed by atoms with Gasteiger partial charge in [0, 0.05) is 44.2 Å². The number of hydrogen-bond acceptors (Lipinski definition) is 8. The van der Waals surface area contributed by atoms with Crippen molar-refractivity contribution < 1.29 is 27.1 Å². The first-order valence-corrected chi connectivity index (χ1v) is 15.4. The summed E-state index contributed by atoms with van der Waals surface area (Å²) in [6.45, 7) is 2.74. The lowest BCUT2D eigenvalue weighted by molar-refractivity contribution is -0.136. The van der Waals surface area contributed by atoms with E-state index in [0.717, 1.165) is 50.5 Å². The number of hydrogen-bond donors (Lipinski definition) is 2. The lowest BCUT2D eigenvalue weighted by Gasteiger charge is -2.58. The van der Waals surface area contributed by atoms with Crippen molar-refractivity contribution in [1.82, 2.24) is 15.3 Å². The fraction of sp³-hybridized carbons (Fsp3) is 0.593. The maximum Gasteiger partial charge on any atom is 0.270 e. The van der Waals surface area contributed by atoms with Crippen molar-refractivity contribution >= 4 is 27.4 Å². The van der Waals surface area contributed by atoms with Gasteiger partial charge in [-0.1, -0.05) is 0 Å². The molecule has 5 fully saturated rings. The number of sulfone groups is 1. The molecule has 1 aromatic heterocycles. The van der Waals surface area contributed by atoms with Crippen molar-refractivity contribution in [3.63, 3.8) is 0 Å². The van der Waals surface area contributed by atoms with Gasteiger partial charge in [-0.3, -0.25) is 4.79 Å². The van der Waals surface area contributed by atoms with Crippen LogP contribution in [0, 0.1) is 29.4 Å². The van der Waals surface area contributed by atoms with Crippen LogP contribution in [-0.4, -0.2) is 73.0 Å². The molecule has 9 nitrogen and oxygen atoms in total. The summed E-state index contributed by atoms with van der Waals surface area (Å²) in [5, 5.41) is 14.0. The molecule has 4 bridgehead atoms. The number of aromatic nitrogens is 2. The van der Waals surface area contributed by atoms with Crippen LogP contribution in [0.3, 0.4) is 0 Å². The monoisotopic (exact) mass is 561 g/mol. The molecule has 0 spiro atoms. The Balaban J connectivity index is 1.14. The molecule has 12 heteroatoms. The number of carbonyl (C=O) groups is 1. The standard InChI is InChI=1S/C27H33F2N5O4S/c1-15-14-33(24-20(28)9-19(10-21(24)29)39(2,37)38)5-6-34(15)26-30-4-3-22(31-26)25(35)32-23-17-7-16-8-18(23)13-27(36,11-16)12-17/h3-4,9-10,15-18,23,36H,5-8,11-14H2,1-2H3,(H,32,35). The van der Waals surface area contributed by atoms with Gasteiger partial charge in [0.05, 0.1) is 10.5 Å². The third-order valence-electron chi connectivity index (χ3n) is 9.03. The molecular formula is C27H33F2N5O4S. The highest BCUT2D eigenvalue weighted by Crippen LogP contribution is 2.55. The van der Waals surface area contributed by atoms with E-state index in [9.17, 15) is 27.1 Å². The van der Waals surface area contributed by atoms with E-state index >= 15 is 0 Å². The SMILES string of the molecule is CC1CN(c2c(F)cc(S(C)(=O)=O)cc2F)CCN1c1nccc(C(=O)NC2C3CC4CC2CC(O)(C4)C3)n1. The van der Waals surface area contributed by atoms with E-state index in [1.165, 1.54) is 0 Å². The van der Waals surface area contributed by atoms with Crippen LogP contribution < -0.4 is 15.1 Å². The zero-order valence-electron chi connectivity index (χ0n) is 22.0. The highest BCUT2D eigenvalue weighted by Gasteiger charge is 2.55. The van der Waals surface area contributed by atoms with Crippen LogP contribution in [0.1, 0.15) is 49.5 Å². The molecule has 2 heterocycles. The maximum atomic E-state index is 14.8. The van der Waals surface area contributed by atoms with E-state index in [4.69, 9.17) is 0 Å². The first-order chi connectivity index (χ1) is 18.4. The van der Waals surface area contributed by atoms with Gasteiger partial charge in [0.2, 0.25) is 5.95 Å². The Hall–Kier alpha value is -2.86. The zero-order chi connectivity index (χ0) is 27.7. The van der Waals surface area contributed by atoms with Crippen molar-refractivity contribution in [2.45, 2.75) is 61.6 Å². The Bertz CT molecular complexity index is 1380. The second kappa shape index (κ2) is 9.36. The van der Waals surface area contributed by atoms with Gasteiger partial charge >= 0.3 is 0 Å². The first kappa shape index (κ1) is 26.4. The third kappa shape index (κ3) is 4.86. The lowest BCUT2D eigenvalue weighted by Crippen LogP contribution is -2.61. The number of benzene rings is 1. The van der Waals surface area contributed by atoms with Crippen LogP contribution in [0.4, 0.5) is 20.4 Å². The summed E-state index contributed by atoms with van der Waals surface area (Å²) < 4.78 is 53.1. The predicted octanol–water partition coefficient (Wildman–Crippen LogP) is 2.54. The predicted molar refractivity (Wildman–Crippen MR) is 140 cm³/mol. The van der Waals surface area contributed by atoms with Gasteiger partial charge in [0.15, 0.2) is 21.5 Å². The minimum absolute atomic E-state index is 0.0362. The Morgan fingerprint density at radius 2 is 1.79 bits per heavy atom. The van der Waals surface area contributed by atoms with Crippen LogP contribution in [0.25, 0.3) is 0 Å². The normalized spacial score (nSPS) is 32.0. The second-order valence-corrected chi connectivity index (χ2v) is 13.9. The van der Waals surface area contributed by atoms with Gasteiger partial charge in [-0.25, -0.2) is 27.2 Å². The van der Waals surface area contributed by atoms with Crippen LogP contribution in [0.5, 0.6) is 0 Å². The summed E-state index contributed by atoms with van der Waals surface area (Å²) in [7, 11) is -3.75. The number of nitrogens with one attached hydrogen (secondary N) is 1. The number of amides is 1. The molecule has 210 valence electrons. The van der Waals surface area contributed by atoms with Crippen molar-refractivity contribution in [3.05, 3.63) is 41.7 Å². The molecule has 4 aliphatic carbocycles. The van der Waals surface area contributed by atoms with E-state index in [2.05, 4.69) is 15.3 Å². The van der Waals surface area contributed by atoms with E-state index in [1.54, 1.807) is 17.2 Å². The summed E-state index contributed by atoms with van der Waals surface area (Å²) in [5.74, 6) is -0.636. The molecule has 3 unspecified atom stereocenters. The van der Waals surface area contributed by atoms with Gasteiger partial charge < -0.3 is 20.2 Å². The number of carbonyl (C=O) groups excluding carboxylic acids is 1. The second-order valence-electron chi connectivity index (χ2n) is 11.9. The smallest absolute Gasteiger partial charge is 0.270 e. The average molecular weight is 562 g/mol. The molecular weight excluding hydrogens is 528 g/mol. The molecule has 2 N–H and O–H groups in total. The van der Waals surface area contributed by atoms with Gasteiger partial charge in [-0.05, 0) is 75.0 Å². The molecule has 4 saturated carbocycles. The molecule has 1 aromatic carbocycles. The fourth-order valence-corrected chi connectivity index (χ4v) is 8.21. The molecule has 0 radical (unpaired) electrons. The van der Waals surface area contributed by atoms with Gasteiger partial charge in [0.1, 0.15) is 11.4 Å². The van der Waals surface area contributed by atoms with Crippen molar-refractivity contribution in [3.8, 4) is 0 Å². The number of halogens is 2. The number of aliphatic hydroxyl groups is 1. The maximum absolute atomic E-state index is 14.8. The molecule has 1 amide bonds. The minimum atomic E-state index is -3.75. The Labute approximate surface area is 226 Å². The van der Waals surface area contributed by atoms with Crippen molar-refractivity contribution in [2.24, 2.45) is 17.8 Å². The quantitative estimate of drug-likeness (QED) is 0.573. The van der Waals surface area contributed by atoms with Crippen LogP contribution in [0.15, 0.2) is 29.3 Å².